The molecule has 0 saturated carbocycles. The van der Waals surface area contributed by atoms with Crippen LogP contribution in [0.25, 0.3) is 0 Å². The average molecular weight is 1400 g/mol. The van der Waals surface area contributed by atoms with Crippen molar-refractivity contribution in [3.05, 3.63) is 48.6 Å². The number of aliphatic hydroxyl groups excluding tert-OH is 1. The normalized spacial score (nSPS) is 14.2. The maximum atomic E-state index is 13.1. The van der Waals surface area contributed by atoms with Crippen LogP contribution in [0.2, 0.25) is 0 Å². The summed E-state index contributed by atoms with van der Waals surface area (Å²) < 4.78 is 68.5. The fraction of sp³-hybridized carbons (Fsp3) is 0.844. The number of phosphoric ester groups is 2. The molecule has 0 bridgehead atoms. The Labute approximate surface area is 585 Å². The molecule has 17 nitrogen and oxygen atoms in total. The number of aliphatic hydroxyl groups is 1. The van der Waals surface area contributed by atoms with Gasteiger partial charge in [0, 0.05) is 25.7 Å². The Morgan fingerprint density at radius 1 is 0.292 bits per heavy atom. The number of carbonyl (C=O) groups excluding carboxylic acids is 4. The van der Waals surface area contributed by atoms with Crippen molar-refractivity contribution in [3.8, 4) is 0 Å². The summed E-state index contributed by atoms with van der Waals surface area (Å²) in [6.07, 6.45) is 66.7. The van der Waals surface area contributed by atoms with Crippen LogP contribution in [0.3, 0.4) is 0 Å². The third-order valence-corrected chi connectivity index (χ3v) is 18.7. The molecule has 0 aliphatic carbocycles. The zero-order valence-corrected chi connectivity index (χ0v) is 63.1. The van der Waals surface area contributed by atoms with Gasteiger partial charge >= 0.3 is 39.5 Å². The second kappa shape index (κ2) is 70.5. The summed E-state index contributed by atoms with van der Waals surface area (Å²) in [6.45, 7) is 4.86. The number of carbonyl (C=O) groups is 4. The average Bonchev–Trinajstić information content (AvgIpc) is 1.11. The molecule has 0 aliphatic heterocycles. The first-order valence-corrected chi connectivity index (χ1v) is 41.9. The Hall–Kier alpha value is -2.98. The van der Waals surface area contributed by atoms with Crippen LogP contribution in [0.4, 0.5) is 0 Å². The van der Waals surface area contributed by atoms with Crippen LogP contribution in [0.15, 0.2) is 48.6 Å². The zero-order valence-electron chi connectivity index (χ0n) is 61.3. The van der Waals surface area contributed by atoms with Gasteiger partial charge in [0.2, 0.25) is 0 Å². The molecule has 3 N–H and O–H groups in total. The molecule has 5 atom stereocenters. The van der Waals surface area contributed by atoms with Gasteiger partial charge in [0.1, 0.15) is 19.3 Å². The molecule has 0 aromatic carbocycles. The fourth-order valence-electron chi connectivity index (χ4n) is 10.8. The Morgan fingerprint density at radius 2 is 0.510 bits per heavy atom. The Kier molecular flexibility index (Phi) is 68.3. The Balaban J connectivity index is 5.31. The maximum Gasteiger partial charge on any atom is 0.472 e. The van der Waals surface area contributed by atoms with Gasteiger partial charge in [0.25, 0.3) is 0 Å². The molecule has 0 saturated heterocycles. The SMILES string of the molecule is CCCCC/C=C\C/C=C\CCCCCCCC(=O)OCC(COP(=O)(O)OCC(O)COP(=O)(O)OCC(COC(=O)CCCCCCC/C=C\CCCCCCCC)OC(=O)CCCCCCC/C=C\CCCCCCCC)OC(=O)CCCCCCCCCCCCC. The topological polar surface area (TPSA) is 237 Å². The van der Waals surface area contributed by atoms with Crippen LogP contribution in [0.5, 0.6) is 0 Å². The molecule has 562 valence electrons. The van der Waals surface area contributed by atoms with E-state index >= 15 is 0 Å². The minimum absolute atomic E-state index is 0.0886. The largest absolute Gasteiger partial charge is 0.472 e. The Morgan fingerprint density at radius 3 is 0.802 bits per heavy atom. The lowest BCUT2D eigenvalue weighted by Gasteiger charge is -2.21. The van der Waals surface area contributed by atoms with E-state index in [2.05, 4.69) is 76.3 Å². The van der Waals surface area contributed by atoms with Gasteiger partial charge in [0.15, 0.2) is 12.2 Å². The summed E-state index contributed by atoms with van der Waals surface area (Å²) in [5, 5.41) is 10.6. The molecular weight excluding hydrogens is 1260 g/mol. The number of esters is 4. The summed E-state index contributed by atoms with van der Waals surface area (Å²) in [7, 11) is -9.93. The molecule has 0 radical (unpaired) electrons. The quantitative estimate of drug-likeness (QED) is 0.0169. The van der Waals surface area contributed by atoms with E-state index in [1.54, 1.807) is 0 Å². The zero-order chi connectivity index (χ0) is 70.4. The summed E-state index contributed by atoms with van der Waals surface area (Å²) in [6, 6.07) is 0. The van der Waals surface area contributed by atoms with E-state index in [4.69, 9.17) is 37.0 Å². The van der Waals surface area contributed by atoms with Gasteiger partial charge in [-0.15, -0.1) is 0 Å². The van der Waals surface area contributed by atoms with Crippen LogP contribution < -0.4 is 0 Å². The van der Waals surface area contributed by atoms with Crippen molar-refractivity contribution in [2.75, 3.05) is 39.6 Å². The van der Waals surface area contributed by atoms with Crippen molar-refractivity contribution in [2.24, 2.45) is 0 Å². The van der Waals surface area contributed by atoms with E-state index in [1.165, 1.54) is 135 Å². The van der Waals surface area contributed by atoms with Crippen LogP contribution in [0, 0.1) is 0 Å². The summed E-state index contributed by atoms with van der Waals surface area (Å²) in [4.78, 5) is 72.8. The highest BCUT2D eigenvalue weighted by Crippen LogP contribution is 2.45. The second-order valence-corrected chi connectivity index (χ2v) is 29.2. The number of rotatable bonds is 74. The first-order chi connectivity index (χ1) is 46.7. The predicted molar refractivity (Wildman–Crippen MR) is 390 cm³/mol. The van der Waals surface area contributed by atoms with Crippen LogP contribution in [0.1, 0.15) is 362 Å². The highest BCUT2D eigenvalue weighted by atomic mass is 31.2. The van der Waals surface area contributed by atoms with Crippen molar-refractivity contribution in [2.45, 2.75) is 380 Å². The maximum absolute atomic E-state index is 13.1. The lowest BCUT2D eigenvalue weighted by atomic mass is 10.1. The molecule has 0 aromatic rings. The highest BCUT2D eigenvalue weighted by molar-refractivity contribution is 7.47. The van der Waals surface area contributed by atoms with Gasteiger partial charge in [-0.25, -0.2) is 9.13 Å². The van der Waals surface area contributed by atoms with Crippen molar-refractivity contribution >= 4 is 39.5 Å². The van der Waals surface area contributed by atoms with Gasteiger partial charge in [-0.2, -0.15) is 0 Å². The van der Waals surface area contributed by atoms with E-state index in [1.807, 2.05) is 0 Å². The van der Waals surface area contributed by atoms with E-state index in [0.29, 0.717) is 25.7 Å². The summed E-state index contributed by atoms with van der Waals surface area (Å²) >= 11 is 0. The first kappa shape index (κ1) is 93.0. The van der Waals surface area contributed by atoms with E-state index in [9.17, 15) is 43.2 Å². The third kappa shape index (κ3) is 69.5. The van der Waals surface area contributed by atoms with Crippen LogP contribution in [-0.4, -0.2) is 96.7 Å². The lowest BCUT2D eigenvalue weighted by molar-refractivity contribution is -0.161. The molecule has 5 unspecified atom stereocenters. The van der Waals surface area contributed by atoms with Crippen molar-refractivity contribution < 1.29 is 80.2 Å². The molecule has 0 spiro atoms. The van der Waals surface area contributed by atoms with Crippen LogP contribution >= 0.6 is 15.6 Å². The molecule has 19 heteroatoms. The van der Waals surface area contributed by atoms with Gasteiger partial charge in [-0.1, -0.05) is 275 Å². The minimum atomic E-state index is -4.97. The van der Waals surface area contributed by atoms with Crippen LogP contribution in [-0.2, 0) is 65.4 Å². The number of phosphoric acid groups is 2. The van der Waals surface area contributed by atoms with Gasteiger partial charge in [-0.05, 0) is 109 Å². The summed E-state index contributed by atoms with van der Waals surface area (Å²) in [5.41, 5.74) is 0. The first-order valence-electron chi connectivity index (χ1n) is 38.9. The molecule has 0 heterocycles. The molecule has 0 fully saturated rings. The molecule has 96 heavy (non-hydrogen) atoms. The van der Waals surface area contributed by atoms with Crippen molar-refractivity contribution in [1.82, 2.24) is 0 Å². The second-order valence-electron chi connectivity index (χ2n) is 26.3. The van der Waals surface area contributed by atoms with E-state index in [0.717, 1.165) is 148 Å². The number of unbranched alkanes of at least 4 members (excludes halogenated alkanes) is 40. The lowest BCUT2D eigenvalue weighted by Crippen LogP contribution is -2.30. The molecule has 0 aromatic heterocycles. The van der Waals surface area contributed by atoms with Crippen molar-refractivity contribution in [1.29, 1.82) is 0 Å². The fourth-order valence-corrected chi connectivity index (χ4v) is 12.3. The number of allylic oxidation sites excluding steroid dienone is 8. The number of hydrogen-bond acceptors (Lipinski definition) is 15. The third-order valence-electron chi connectivity index (χ3n) is 16.8. The smallest absolute Gasteiger partial charge is 0.462 e. The number of ether oxygens (including phenoxy) is 4. The molecule has 0 rings (SSSR count). The van der Waals surface area contributed by atoms with Crippen molar-refractivity contribution in [3.63, 3.8) is 0 Å². The van der Waals surface area contributed by atoms with E-state index in [-0.39, 0.29) is 25.7 Å². The van der Waals surface area contributed by atoms with E-state index < -0.39 is 97.5 Å². The van der Waals surface area contributed by atoms with Gasteiger partial charge < -0.3 is 33.8 Å². The monoisotopic (exact) mass is 1400 g/mol. The standard InChI is InChI=1S/C77H142O17P2/c1-5-9-13-17-21-25-29-32-35-38-42-45-49-53-57-61-74(79)87-67-72(93-76(81)63-59-55-51-47-41-28-24-20-16-12-8-4)69-91-95(83,84)89-65-71(78)66-90-96(85,86)92-70-73(94-77(82)64-60-56-52-48-44-40-37-34-31-27-23-19-15-11-7-3)68-88-75(80)62-58-54-50-46-43-39-36-33-30-26-22-18-14-10-6-2/h21,25,32-37,71-73,78H,5-20,22-24,26-31,38-70H2,1-4H3,(H,83,84)(H,85,86)/b25-21-,35-32-,36-33-,37-34-. The summed E-state index contributed by atoms with van der Waals surface area (Å²) in [5.74, 6) is -2.17. The number of hydrogen-bond donors (Lipinski definition) is 3. The minimum Gasteiger partial charge on any atom is -0.462 e. The molecular formula is C77H142O17P2. The van der Waals surface area contributed by atoms with Gasteiger partial charge in [0.05, 0.1) is 26.4 Å². The molecule has 0 aliphatic rings. The highest BCUT2D eigenvalue weighted by Gasteiger charge is 2.30. The Bertz CT molecular complexity index is 2010. The molecule has 0 amide bonds. The van der Waals surface area contributed by atoms with Gasteiger partial charge in [-0.3, -0.25) is 37.3 Å². The predicted octanol–water partition coefficient (Wildman–Crippen LogP) is 22.1.